The van der Waals surface area contributed by atoms with Gasteiger partial charge in [0.2, 0.25) is 0 Å². The number of nitrogens with zero attached hydrogens (tertiary/aromatic N) is 2. The molecule has 2 fully saturated rings. The number of aliphatic hydroxyl groups is 1. The van der Waals surface area contributed by atoms with Crippen LogP contribution in [-0.4, -0.2) is 51.2 Å². The molecule has 1 N–H and O–H groups in total. The van der Waals surface area contributed by atoms with Crippen molar-refractivity contribution < 1.29 is 19.4 Å². The third-order valence-electron chi connectivity index (χ3n) is 5.98. The molecular weight excluding hydrogens is 392 g/mol. The van der Waals surface area contributed by atoms with Crippen LogP contribution >= 0.6 is 11.6 Å². The maximum absolute atomic E-state index is 12.7. The number of carbonyl (C=O) groups excluding carboxylic acids is 2. The molecular formula is C22H29ClN2O4. The number of ether oxygens (including phenoxy) is 1. The van der Waals surface area contributed by atoms with Crippen molar-refractivity contribution in [3.63, 3.8) is 0 Å². The van der Waals surface area contributed by atoms with Crippen molar-refractivity contribution in [3.8, 4) is 0 Å². The molecule has 7 heteroatoms. The van der Waals surface area contributed by atoms with Gasteiger partial charge >= 0.3 is 6.09 Å². The van der Waals surface area contributed by atoms with Crippen molar-refractivity contribution in [2.75, 3.05) is 13.1 Å². The Bertz CT molecular complexity index is 844. The fourth-order valence-corrected chi connectivity index (χ4v) is 4.67. The second-order valence-corrected chi connectivity index (χ2v) is 9.91. The summed E-state index contributed by atoms with van der Waals surface area (Å²) in [5.74, 6) is -0.180. The molecule has 4 rings (SSSR count). The first-order valence-corrected chi connectivity index (χ1v) is 10.8. The van der Waals surface area contributed by atoms with Gasteiger partial charge in [0.15, 0.2) is 0 Å². The van der Waals surface area contributed by atoms with Crippen molar-refractivity contribution in [2.45, 2.75) is 76.7 Å². The minimum Gasteiger partial charge on any atom is -0.444 e. The van der Waals surface area contributed by atoms with Crippen LogP contribution in [0.1, 0.15) is 69.2 Å². The van der Waals surface area contributed by atoms with Gasteiger partial charge in [-0.1, -0.05) is 11.6 Å². The van der Waals surface area contributed by atoms with Gasteiger partial charge < -0.3 is 19.6 Å². The fraction of sp³-hybridized carbons (Fsp3) is 0.636. The highest BCUT2D eigenvalue weighted by Crippen LogP contribution is 2.41. The molecule has 2 heterocycles. The quantitative estimate of drug-likeness (QED) is 0.789. The van der Waals surface area contributed by atoms with Gasteiger partial charge in [-0.2, -0.15) is 0 Å². The molecule has 2 amide bonds. The number of hydrogen-bond acceptors (Lipinski definition) is 4. The van der Waals surface area contributed by atoms with Crippen molar-refractivity contribution >= 4 is 23.6 Å². The smallest absolute Gasteiger partial charge is 0.410 e. The first-order valence-electron chi connectivity index (χ1n) is 10.4. The summed E-state index contributed by atoms with van der Waals surface area (Å²) in [5.41, 5.74) is 1.54. The van der Waals surface area contributed by atoms with Crippen LogP contribution in [0.15, 0.2) is 12.1 Å². The van der Waals surface area contributed by atoms with Crippen molar-refractivity contribution in [2.24, 2.45) is 0 Å². The number of carbonyl (C=O) groups is 2. The molecule has 158 valence electrons. The molecule has 2 aliphatic heterocycles. The number of halogens is 1. The van der Waals surface area contributed by atoms with Gasteiger partial charge in [-0.15, -0.1) is 0 Å². The van der Waals surface area contributed by atoms with Crippen molar-refractivity contribution in [1.29, 1.82) is 0 Å². The number of amides is 2. The Morgan fingerprint density at radius 3 is 2.62 bits per heavy atom. The summed E-state index contributed by atoms with van der Waals surface area (Å²) in [6.45, 7) is 7.30. The Balaban J connectivity index is 1.60. The van der Waals surface area contributed by atoms with Crippen molar-refractivity contribution in [1.82, 2.24) is 9.80 Å². The summed E-state index contributed by atoms with van der Waals surface area (Å²) in [6, 6.07) is 3.80. The summed E-state index contributed by atoms with van der Waals surface area (Å²) < 4.78 is 5.61. The van der Waals surface area contributed by atoms with Gasteiger partial charge in [0.05, 0.1) is 6.04 Å². The average Bonchev–Trinajstić information content (AvgIpc) is 3.19. The third kappa shape index (κ3) is 4.10. The average molecular weight is 421 g/mol. The summed E-state index contributed by atoms with van der Waals surface area (Å²) >= 11 is 6.44. The van der Waals surface area contributed by atoms with E-state index in [4.69, 9.17) is 16.3 Å². The van der Waals surface area contributed by atoms with E-state index in [1.54, 1.807) is 4.90 Å². The van der Waals surface area contributed by atoms with E-state index in [2.05, 4.69) is 0 Å². The molecule has 1 saturated heterocycles. The largest absolute Gasteiger partial charge is 0.444 e. The van der Waals surface area contributed by atoms with E-state index < -0.39 is 11.2 Å². The molecule has 29 heavy (non-hydrogen) atoms. The van der Waals surface area contributed by atoms with Crippen molar-refractivity contribution in [3.05, 3.63) is 33.8 Å². The van der Waals surface area contributed by atoms with Crippen LogP contribution in [-0.2, 0) is 22.5 Å². The Kier molecular flexibility index (Phi) is 5.06. The molecule has 1 saturated carbocycles. The number of likely N-dealkylation sites (tertiary alicyclic amines) is 1. The summed E-state index contributed by atoms with van der Waals surface area (Å²) in [7, 11) is 0. The molecule has 3 aliphatic rings. The van der Waals surface area contributed by atoms with Gasteiger partial charge in [-0.3, -0.25) is 4.79 Å². The predicted molar refractivity (Wildman–Crippen MR) is 110 cm³/mol. The highest BCUT2D eigenvalue weighted by molar-refractivity contribution is 6.30. The highest BCUT2D eigenvalue weighted by Gasteiger charge is 2.50. The van der Waals surface area contributed by atoms with Crippen LogP contribution in [0.25, 0.3) is 0 Å². The van der Waals surface area contributed by atoms with E-state index in [9.17, 15) is 14.7 Å². The Morgan fingerprint density at radius 1 is 1.24 bits per heavy atom. The van der Waals surface area contributed by atoms with Gasteiger partial charge in [-0.25, -0.2) is 4.79 Å². The topological polar surface area (TPSA) is 70.1 Å². The number of fused-ring (bicyclic) bond motifs is 1. The van der Waals surface area contributed by atoms with E-state index in [1.165, 1.54) is 5.56 Å². The van der Waals surface area contributed by atoms with Gasteiger partial charge in [0.1, 0.15) is 11.2 Å². The maximum Gasteiger partial charge on any atom is 0.410 e. The number of benzene rings is 1. The first-order chi connectivity index (χ1) is 13.6. The van der Waals surface area contributed by atoms with E-state index in [1.807, 2.05) is 37.8 Å². The van der Waals surface area contributed by atoms with Gasteiger partial charge in [0, 0.05) is 24.7 Å². The zero-order valence-corrected chi connectivity index (χ0v) is 18.1. The number of rotatable bonds is 2. The molecule has 1 aromatic rings. The Labute approximate surface area is 176 Å². The molecule has 0 aromatic heterocycles. The van der Waals surface area contributed by atoms with E-state index in [0.29, 0.717) is 43.9 Å². The SMILES string of the molecule is CC(C)(C)OC(=O)N1CCCC1c1cc(Cl)cc2c1CCN(C(=O)C1(O)CC1)C2. The van der Waals surface area contributed by atoms with Crippen LogP contribution in [0, 0.1) is 0 Å². The lowest BCUT2D eigenvalue weighted by molar-refractivity contribution is -0.143. The molecule has 1 atom stereocenters. The monoisotopic (exact) mass is 420 g/mol. The molecule has 0 radical (unpaired) electrons. The zero-order valence-electron chi connectivity index (χ0n) is 17.3. The molecule has 6 nitrogen and oxygen atoms in total. The fourth-order valence-electron chi connectivity index (χ4n) is 4.42. The molecule has 1 aliphatic carbocycles. The van der Waals surface area contributed by atoms with Crippen LogP contribution < -0.4 is 0 Å². The lowest BCUT2D eigenvalue weighted by Crippen LogP contribution is -2.43. The predicted octanol–water partition coefficient (Wildman–Crippen LogP) is 3.82. The summed E-state index contributed by atoms with van der Waals surface area (Å²) in [5, 5.41) is 10.8. The van der Waals surface area contributed by atoms with E-state index in [0.717, 1.165) is 24.0 Å². The minimum absolute atomic E-state index is 0.0628. The lowest BCUT2D eigenvalue weighted by Gasteiger charge is -2.34. The lowest BCUT2D eigenvalue weighted by atomic mass is 9.89. The van der Waals surface area contributed by atoms with Crippen LogP contribution in [0.2, 0.25) is 5.02 Å². The first kappa shape index (κ1) is 20.5. The normalized spacial score (nSPS) is 23.0. The summed E-state index contributed by atoms with van der Waals surface area (Å²) in [4.78, 5) is 28.9. The standard InChI is InChI=1S/C22H29ClN2O4/c1-21(2,3)29-20(27)25-9-4-5-18(25)17-12-15(23)11-14-13-24(10-6-16(14)17)19(26)22(28)7-8-22/h11-12,18,28H,4-10,13H2,1-3H3. The second-order valence-electron chi connectivity index (χ2n) is 9.47. The molecule has 1 unspecified atom stereocenters. The maximum atomic E-state index is 12.7. The molecule has 0 spiro atoms. The zero-order chi connectivity index (χ0) is 21.0. The minimum atomic E-state index is -1.15. The highest BCUT2D eigenvalue weighted by atomic mass is 35.5. The van der Waals surface area contributed by atoms with Crippen LogP contribution in [0.5, 0.6) is 0 Å². The Morgan fingerprint density at radius 2 is 1.97 bits per heavy atom. The molecule has 0 bridgehead atoms. The van der Waals surface area contributed by atoms with Gasteiger partial charge in [-0.05, 0) is 81.7 Å². The van der Waals surface area contributed by atoms with E-state index in [-0.39, 0.29) is 18.0 Å². The molecule has 1 aromatic carbocycles. The summed E-state index contributed by atoms with van der Waals surface area (Å²) in [6.07, 6.45) is 3.28. The van der Waals surface area contributed by atoms with Gasteiger partial charge in [0.25, 0.3) is 5.91 Å². The van der Waals surface area contributed by atoms with Crippen LogP contribution in [0.3, 0.4) is 0 Å². The third-order valence-corrected chi connectivity index (χ3v) is 6.20. The Hall–Kier alpha value is -1.79. The van der Waals surface area contributed by atoms with Crippen LogP contribution in [0.4, 0.5) is 4.79 Å². The van der Waals surface area contributed by atoms with E-state index >= 15 is 0 Å². The second kappa shape index (κ2) is 7.17. The number of hydrogen-bond donors (Lipinski definition) is 1.